The predicted molar refractivity (Wildman–Crippen MR) is 96.8 cm³/mol. The van der Waals surface area contributed by atoms with Crippen LogP contribution in [0.25, 0.3) is 22.2 Å². The van der Waals surface area contributed by atoms with Gasteiger partial charge in [-0.15, -0.1) is 0 Å². The molecule has 0 saturated heterocycles. The van der Waals surface area contributed by atoms with Gasteiger partial charge in [-0.1, -0.05) is 24.3 Å². The number of rotatable bonds is 3. The maximum Gasteiger partial charge on any atom is 0.216 e. The molecule has 0 unspecified atom stereocenters. The summed E-state index contributed by atoms with van der Waals surface area (Å²) in [6, 6.07) is 13.0. The first-order valence-electron chi connectivity index (χ1n) is 8.34. The monoisotopic (exact) mass is 384 g/mol. The van der Waals surface area contributed by atoms with E-state index in [0.29, 0.717) is 5.52 Å². The third kappa shape index (κ3) is 3.05. The van der Waals surface area contributed by atoms with E-state index in [1.165, 1.54) is 28.9 Å². The van der Waals surface area contributed by atoms with E-state index in [1.54, 1.807) is 18.2 Å². The van der Waals surface area contributed by atoms with Gasteiger partial charge in [0.1, 0.15) is 17.3 Å². The number of benzene rings is 3. The number of nitrogens with zero attached hydrogens (tertiary/aromatic N) is 2. The molecule has 0 bridgehead atoms. The number of hydrogen-bond donors (Lipinski definition) is 0. The molecule has 0 fully saturated rings. The fraction of sp³-hybridized carbons (Fsp3) is 0.0476. The number of para-hydroxylation sites is 1. The Hall–Kier alpha value is -3.48. The van der Waals surface area contributed by atoms with Crippen molar-refractivity contribution in [3.05, 3.63) is 99.7 Å². The van der Waals surface area contributed by atoms with Gasteiger partial charge >= 0.3 is 0 Å². The van der Waals surface area contributed by atoms with Gasteiger partial charge in [-0.2, -0.15) is 5.10 Å². The zero-order valence-electron chi connectivity index (χ0n) is 14.3. The molecular weight excluding hydrogens is 372 g/mol. The Labute approximate surface area is 156 Å². The Morgan fingerprint density at radius 2 is 1.64 bits per heavy atom. The second-order valence-corrected chi connectivity index (χ2v) is 6.19. The van der Waals surface area contributed by atoms with Crippen molar-refractivity contribution in [1.29, 1.82) is 0 Å². The smallest absolute Gasteiger partial charge is 0.216 e. The molecule has 0 aliphatic carbocycles. The molecule has 0 aliphatic heterocycles. The molecule has 0 amide bonds. The first-order chi connectivity index (χ1) is 13.5. The quantitative estimate of drug-likeness (QED) is 0.481. The molecule has 0 N–H and O–H groups in total. The topological polar surface area (TPSA) is 34.9 Å². The minimum atomic E-state index is -1.19. The minimum Gasteiger partial charge on any atom is -0.287 e. The highest BCUT2D eigenvalue weighted by atomic mass is 19.2. The SMILES string of the molecule is O=c1c(-c2cccc(F)c2F)nn(Cc2ccc(F)cc2F)c2ccccc12. The van der Waals surface area contributed by atoms with E-state index in [0.717, 1.165) is 18.2 Å². The van der Waals surface area contributed by atoms with E-state index in [9.17, 15) is 22.4 Å². The van der Waals surface area contributed by atoms with Crippen LogP contribution in [0.2, 0.25) is 0 Å². The summed E-state index contributed by atoms with van der Waals surface area (Å²) in [7, 11) is 0. The fourth-order valence-electron chi connectivity index (χ4n) is 3.03. The Morgan fingerprint density at radius 3 is 2.43 bits per heavy atom. The number of aromatic nitrogens is 2. The lowest BCUT2D eigenvalue weighted by Crippen LogP contribution is -2.18. The van der Waals surface area contributed by atoms with E-state index >= 15 is 0 Å². The minimum absolute atomic E-state index is 0.128. The number of hydrogen-bond acceptors (Lipinski definition) is 2. The summed E-state index contributed by atoms with van der Waals surface area (Å²) in [6.07, 6.45) is 0. The highest BCUT2D eigenvalue weighted by Gasteiger charge is 2.18. The van der Waals surface area contributed by atoms with E-state index in [4.69, 9.17) is 0 Å². The largest absolute Gasteiger partial charge is 0.287 e. The molecular formula is C21H12F4N2O. The summed E-state index contributed by atoms with van der Waals surface area (Å²) in [5.41, 5.74) is -0.636. The van der Waals surface area contributed by atoms with Gasteiger partial charge in [0, 0.05) is 22.6 Å². The zero-order valence-corrected chi connectivity index (χ0v) is 14.3. The maximum absolute atomic E-state index is 14.3. The third-order valence-corrected chi connectivity index (χ3v) is 4.40. The van der Waals surface area contributed by atoms with Crippen LogP contribution in [-0.4, -0.2) is 9.78 Å². The summed E-state index contributed by atoms with van der Waals surface area (Å²) in [6.45, 7) is -0.128. The van der Waals surface area contributed by atoms with Crippen LogP contribution >= 0.6 is 0 Å². The summed E-state index contributed by atoms with van der Waals surface area (Å²) in [4.78, 5) is 12.8. The van der Waals surface area contributed by atoms with Crippen molar-refractivity contribution in [1.82, 2.24) is 9.78 Å². The van der Waals surface area contributed by atoms with Crippen molar-refractivity contribution >= 4 is 10.9 Å². The summed E-state index contributed by atoms with van der Waals surface area (Å²) >= 11 is 0. The normalized spacial score (nSPS) is 11.1. The summed E-state index contributed by atoms with van der Waals surface area (Å²) in [5, 5.41) is 4.39. The molecule has 1 aromatic heterocycles. The molecule has 28 heavy (non-hydrogen) atoms. The van der Waals surface area contributed by atoms with Crippen LogP contribution in [0.15, 0.2) is 65.5 Å². The molecule has 0 saturated carbocycles. The molecule has 3 aromatic carbocycles. The van der Waals surface area contributed by atoms with Gasteiger partial charge in [0.15, 0.2) is 11.6 Å². The van der Waals surface area contributed by atoms with E-state index < -0.39 is 28.7 Å². The van der Waals surface area contributed by atoms with Gasteiger partial charge in [0.2, 0.25) is 5.43 Å². The van der Waals surface area contributed by atoms with E-state index in [-0.39, 0.29) is 28.8 Å². The van der Waals surface area contributed by atoms with Gasteiger partial charge in [-0.05, 0) is 30.3 Å². The van der Waals surface area contributed by atoms with Gasteiger partial charge in [0.25, 0.3) is 0 Å². The van der Waals surface area contributed by atoms with E-state index in [1.807, 2.05) is 0 Å². The Balaban J connectivity index is 1.97. The van der Waals surface area contributed by atoms with Crippen molar-refractivity contribution < 1.29 is 17.6 Å². The Morgan fingerprint density at radius 1 is 0.857 bits per heavy atom. The highest BCUT2D eigenvalue weighted by molar-refractivity contribution is 5.82. The van der Waals surface area contributed by atoms with Gasteiger partial charge in [-0.25, -0.2) is 17.6 Å². The molecule has 140 valence electrons. The lowest BCUT2D eigenvalue weighted by Gasteiger charge is -2.13. The van der Waals surface area contributed by atoms with Crippen LogP contribution in [0.1, 0.15) is 5.56 Å². The molecule has 3 nitrogen and oxygen atoms in total. The van der Waals surface area contributed by atoms with Gasteiger partial charge in [0.05, 0.1) is 12.1 Å². The lowest BCUT2D eigenvalue weighted by atomic mass is 10.1. The second kappa shape index (κ2) is 6.92. The van der Waals surface area contributed by atoms with Gasteiger partial charge < -0.3 is 0 Å². The van der Waals surface area contributed by atoms with Crippen LogP contribution in [0.3, 0.4) is 0 Å². The van der Waals surface area contributed by atoms with Crippen molar-refractivity contribution in [2.75, 3.05) is 0 Å². The fourth-order valence-corrected chi connectivity index (χ4v) is 3.03. The van der Waals surface area contributed by atoms with Crippen molar-refractivity contribution in [3.8, 4) is 11.3 Å². The molecule has 0 aliphatic rings. The summed E-state index contributed by atoms with van der Waals surface area (Å²) in [5.74, 6) is -3.80. The molecule has 4 aromatic rings. The Bertz CT molecular complexity index is 1270. The van der Waals surface area contributed by atoms with Crippen LogP contribution in [0, 0.1) is 23.3 Å². The van der Waals surface area contributed by atoms with Gasteiger partial charge in [-0.3, -0.25) is 9.48 Å². The number of fused-ring (bicyclic) bond motifs is 1. The second-order valence-electron chi connectivity index (χ2n) is 6.19. The van der Waals surface area contributed by atoms with Crippen molar-refractivity contribution in [3.63, 3.8) is 0 Å². The third-order valence-electron chi connectivity index (χ3n) is 4.40. The molecule has 0 spiro atoms. The molecule has 4 rings (SSSR count). The van der Waals surface area contributed by atoms with Crippen molar-refractivity contribution in [2.24, 2.45) is 0 Å². The first kappa shape index (κ1) is 17.9. The molecule has 0 atom stereocenters. The highest BCUT2D eigenvalue weighted by Crippen LogP contribution is 2.23. The molecule has 0 radical (unpaired) electrons. The predicted octanol–water partition coefficient (Wildman–Crippen LogP) is 4.67. The Kier molecular flexibility index (Phi) is 4.43. The summed E-state index contributed by atoms with van der Waals surface area (Å²) < 4.78 is 56.5. The van der Waals surface area contributed by atoms with Crippen LogP contribution < -0.4 is 5.43 Å². The average molecular weight is 384 g/mol. The van der Waals surface area contributed by atoms with Crippen LogP contribution in [-0.2, 0) is 6.54 Å². The number of halogens is 4. The standard InChI is InChI=1S/C21H12F4N2O/c22-13-9-8-12(17(24)10-13)11-27-18-7-2-1-4-14(18)21(28)20(26-27)15-5-3-6-16(23)19(15)25/h1-10H,11H2. The lowest BCUT2D eigenvalue weighted by molar-refractivity contribution is 0.510. The first-order valence-corrected chi connectivity index (χ1v) is 8.34. The zero-order chi connectivity index (χ0) is 19.8. The van der Waals surface area contributed by atoms with Crippen LogP contribution in [0.5, 0.6) is 0 Å². The maximum atomic E-state index is 14.3. The van der Waals surface area contributed by atoms with Crippen molar-refractivity contribution in [2.45, 2.75) is 6.54 Å². The average Bonchev–Trinajstić information content (AvgIpc) is 2.68. The van der Waals surface area contributed by atoms with Crippen LogP contribution in [0.4, 0.5) is 17.6 Å². The molecule has 1 heterocycles. The van der Waals surface area contributed by atoms with E-state index in [2.05, 4.69) is 5.10 Å². The molecule has 7 heteroatoms.